The third-order valence-electron chi connectivity index (χ3n) is 3.43. The first-order chi connectivity index (χ1) is 10.3. The minimum atomic E-state index is -1.12. The molecule has 0 saturated heterocycles. The largest absolute Gasteiger partial charge is 0.465 e. The van der Waals surface area contributed by atoms with E-state index >= 15 is 0 Å². The van der Waals surface area contributed by atoms with E-state index in [0.717, 1.165) is 0 Å². The van der Waals surface area contributed by atoms with Crippen LogP contribution in [0, 0.1) is 11.7 Å². The second kappa shape index (κ2) is 7.72. The lowest BCUT2D eigenvalue weighted by Crippen LogP contribution is -2.42. The van der Waals surface area contributed by atoms with E-state index in [1.807, 2.05) is 0 Å². The molecule has 0 spiro atoms. The molecule has 22 heavy (non-hydrogen) atoms. The highest BCUT2D eigenvalue weighted by Gasteiger charge is 2.44. The van der Waals surface area contributed by atoms with E-state index in [1.165, 1.54) is 6.07 Å². The van der Waals surface area contributed by atoms with Gasteiger partial charge in [-0.05, 0) is 47.5 Å². The summed E-state index contributed by atoms with van der Waals surface area (Å²) in [5, 5.41) is 0. The second-order valence-corrected chi connectivity index (χ2v) is 6.14. The molecule has 4 nitrogen and oxygen atoms in total. The lowest BCUT2D eigenvalue weighted by molar-refractivity contribution is -0.164. The van der Waals surface area contributed by atoms with E-state index in [4.69, 9.17) is 9.47 Å². The molecule has 0 atom stereocenters. The average Bonchev–Trinajstić information content (AvgIpc) is 2.42. The van der Waals surface area contributed by atoms with Crippen molar-refractivity contribution in [3.8, 4) is 0 Å². The van der Waals surface area contributed by atoms with Crippen LogP contribution in [0.4, 0.5) is 4.39 Å². The first-order valence-corrected chi connectivity index (χ1v) is 7.83. The number of rotatable bonds is 6. The molecular weight excluding hydrogens is 355 g/mol. The van der Waals surface area contributed by atoms with Gasteiger partial charge in [-0.1, -0.05) is 19.9 Å². The minimum Gasteiger partial charge on any atom is -0.465 e. The van der Waals surface area contributed by atoms with Gasteiger partial charge in [-0.25, -0.2) is 4.39 Å². The monoisotopic (exact) mass is 374 g/mol. The highest BCUT2D eigenvalue weighted by atomic mass is 79.9. The fourth-order valence-corrected chi connectivity index (χ4v) is 2.58. The number of carbonyl (C=O) groups is 2. The summed E-state index contributed by atoms with van der Waals surface area (Å²) < 4.78 is 23.7. The number of halogens is 2. The van der Waals surface area contributed by atoms with Crippen LogP contribution >= 0.6 is 15.9 Å². The topological polar surface area (TPSA) is 52.6 Å². The molecule has 1 aromatic carbocycles. The second-order valence-electron chi connectivity index (χ2n) is 5.29. The Morgan fingerprint density at radius 3 is 2.09 bits per heavy atom. The van der Waals surface area contributed by atoms with Crippen LogP contribution in [0.15, 0.2) is 22.7 Å². The predicted molar refractivity (Wildman–Crippen MR) is 83.9 cm³/mol. The number of benzene rings is 1. The molecule has 0 heterocycles. The van der Waals surface area contributed by atoms with Crippen LogP contribution in [0.25, 0.3) is 0 Å². The van der Waals surface area contributed by atoms with Crippen LogP contribution in [-0.4, -0.2) is 25.2 Å². The molecule has 0 N–H and O–H groups in total. The van der Waals surface area contributed by atoms with Gasteiger partial charge in [0.15, 0.2) is 5.92 Å². The number of carbonyl (C=O) groups excluding carboxylic acids is 2. The molecule has 0 amide bonds. The molecule has 0 saturated carbocycles. The van der Waals surface area contributed by atoms with Crippen molar-refractivity contribution in [2.75, 3.05) is 13.2 Å². The van der Waals surface area contributed by atoms with E-state index < -0.39 is 29.1 Å². The van der Waals surface area contributed by atoms with Gasteiger partial charge in [-0.3, -0.25) is 9.59 Å². The summed E-state index contributed by atoms with van der Waals surface area (Å²) in [4.78, 5) is 24.4. The van der Waals surface area contributed by atoms with Crippen molar-refractivity contribution in [2.24, 2.45) is 5.92 Å². The zero-order valence-electron chi connectivity index (χ0n) is 13.1. The summed E-state index contributed by atoms with van der Waals surface area (Å²) in [7, 11) is 0. The SMILES string of the molecule is CCOC(=O)C(C(=O)OCC)C(C)(C)c1ccc(F)c(Br)c1. The maximum atomic E-state index is 13.4. The molecule has 0 aliphatic carbocycles. The summed E-state index contributed by atoms with van der Waals surface area (Å²) in [5.74, 6) is -2.83. The van der Waals surface area contributed by atoms with Crippen molar-refractivity contribution in [3.05, 3.63) is 34.1 Å². The molecule has 1 aromatic rings. The van der Waals surface area contributed by atoms with Gasteiger partial charge >= 0.3 is 11.9 Å². The van der Waals surface area contributed by atoms with Gasteiger partial charge in [0.05, 0.1) is 17.7 Å². The van der Waals surface area contributed by atoms with Crippen LogP contribution in [0.1, 0.15) is 33.3 Å². The van der Waals surface area contributed by atoms with Gasteiger partial charge in [-0.15, -0.1) is 0 Å². The van der Waals surface area contributed by atoms with E-state index in [0.29, 0.717) is 5.56 Å². The molecule has 0 aliphatic rings. The van der Waals surface area contributed by atoms with Crippen molar-refractivity contribution in [2.45, 2.75) is 33.1 Å². The van der Waals surface area contributed by atoms with Gasteiger partial charge in [0, 0.05) is 5.41 Å². The fourth-order valence-electron chi connectivity index (χ4n) is 2.20. The molecule has 122 valence electrons. The Morgan fingerprint density at radius 2 is 1.68 bits per heavy atom. The van der Waals surface area contributed by atoms with Crippen LogP contribution in [0.3, 0.4) is 0 Å². The smallest absolute Gasteiger partial charge is 0.321 e. The standard InChI is InChI=1S/C16H20BrFO4/c1-5-21-14(19)13(15(20)22-6-2)16(3,4)10-7-8-12(18)11(17)9-10/h7-9,13H,5-6H2,1-4H3. The maximum Gasteiger partial charge on any atom is 0.321 e. The van der Waals surface area contributed by atoms with E-state index in [9.17, 15) is 14.0 Å². The van der Waals surface area contributed by atoms with Gasteiger partial charge in [0.25, 0.3) is 0 Å². The summed E-state index contributed by atoms with van der Waals surface area (Å²) >= 11 is 3.12. The predicted octanol–water partition coefficient (Wildman–Crippen LogP) is 3.61. The van der Waals surface area contributed by atoms with Crippen LogP contribution in [0.5, 0.6) is 0 Å². The normalized spacial score (nSPS) is 11.4. The average molecular weight is 375 g/mol. The van der Waals surface area contributed by atoms with E-state index in [-0.39, 0.29) is 17.7 Å². The molecular formula is C16H20BrFO4. The summed E-state index contributed by atoms with van der Waals surface area (Å²) in [6.45, 7) is 7.12. The van der Waals surface area contributed by atoms with Crippen molar-refractivity contribution >= 4 is 27.9 Å². The third kappa shape index (κ3) is 4.06. The Labute approximate surface area is 138 Å². The molecule has 1 rings (SSSR count). The molecule has 0 radical (unpaired) electrons. The van der Waals surface area contributed by atoms with Crippen LogP contribution in [-0.2, 0) is 24.5 Å². The Hall–Kier alpha value is -1.43. The Balaban J connectivity index is 3.27. The summed E-state index contributed by atoms with van der Waals surface area (Å²) in [6, 6.07) is 4.39. The molecule has 0 unspecified atom stereocenters. The molecule has 0 aromatic heterocycles. The molecule has 0 bridgehead atoms. The van der Waals surface area contributed by atoms with Gasteiger partial charge in [0.2, 0.25) is 0 Å². The number of ether oxygens (including phenoxy) is 2. The third-order valence-corrected chi connectivity index (χ3v) is 4.04. The highest BCUT2D eigenvalue weighted by Crippen LogP contribution is 2.35. The Kier molecular flexibility index (Phi) is 6.53. The zero-order chi connectivity index (χ0) is 16.9. The lowest BCUT2D eigenvalue weighted by Gasteiger charge is -2.31. The van der Waals surface area contributed by atoms with Crippen molar-refractivity contribution in [1.29, 1.82) is 0 Å². The summed E-state index contributed by atoms with van der Waals surface area (Å²) in [6.07, 6.45) is 0. The summed E-state index contributed by atoms with van der Waals surface area (Å²) in [5.41, 5.74) is -0.277. The Bertz CT molecular complexity index is 539. The van der Waals surface area contributed by atoms with Crippen LogP contribution in [0.2, 0.25) is 0 Å². The number of hydrogen-bond acceptors (Lipinski definition) is 4. The van der Waals surface area contributed by atoms with Crippen molar-refractivity contribution in [1.82, 2.24) is 0 Å². The van der Waals surface area contributed by atoms with Crippen LogP contribution < -0.4 is 0 Å². The first kappa shape index (κ1) is 18.6. The molecule has 0 fully saturated rings. The van der Waals surface area contributed by atoms with Gasteiger partial charge in [0.1, 0.15) is 5.82 Å². The first-order valence-electron chi connectivity index (χ1n) is 7.04. The molecule has 0 aliphatic heterocycles. The quantitative estimate of drug-likeness (QED) is 0.563. The minimum absolute atomic E-state index is 0.165. The Morgan fingerprint density at radius 1 is 1.18 bits per heavy atom. The van der Waals surface area contributed by atoms with Crippen molar-refractivity contribution < 1.29 is 23.5 Å². The van der Waals surface area contributed by atoms with Crippen molar-refractivity contribution in [3.63, 3.8) is 0 Å². The number of hydrogen-bond donors (Lipinski definition) is 0. The van der Waals surface area contributed by atoms with Gasteiger partial charge < -0.3 is 9.47 Å². The molecule has 6 heteroatoms. The highest BCUT2D eigenvalue weighted by molar-refractivity contribution is 9.10. The van der Waals surface area contributed by atoms with E-state index in [2.05, 4.69) is 15.9 Å². The lowest BCUT2D eigenvalue weighted by atomic mass is 9.73. The number of esters is 2. The fraction of sp³-hybridized carbons (Fsp3) is 0.500. The zero-order valence-corrected chi connectivity index (χ0v) is 14.7. The van der Waals surface area contributed by atoms with Gasteiger partial charge in [-0.2, -0.15) is 0 Å². The van der Waals surface area contributed by atoms with E-state index in [1.54, 1.807) is 39.8 Å². The maximum absolute atomic E-state index is 13.4.